The van der Waals surface area contributed by atoms with Crippen LogP contribution in [0.2, 0.25) is 0 Å². The van der Waals surface area contributed by atoms with E-state index < -0.39 is 4.92 Å². The molecule has 0 amide bonds. The molecule has 1 rings (SSSR count). The van der Waals surface area contributed by atoms with Crippen molar-refractivity contribution in [1.82, 2.24) is 0 Å². The summed E-state index contributed by atoms with van der Waals surface area (Å²) in [4.78, 5) is 9.59. The summed E-state index contributed by atoms with van der Waals surface area (Å²) in [7, 11) is 0. The van der Waals surface area contributed by atoms with E-state index in [0.29, 0.717) is 0 Å². The molecule has 0 atom stereocenters. The van der Waals surface area contributed by atoms with Gasteiger partial charge in [-0.15, -0.1) is 0 Å². The van der Waals surface area contributed by atoms with Crippen molar-refractivity contribution in [2.24, 2.45) is 0 Å². The van der Waals surface area contributed by atoms with Crippen molar-refractivity contribution in [1.29, 1.82) is 0 Å². The summed E-state index contributed by atoms with van der Waals surface area (Å²) < 4.78 is 0. The predicted molar refractivity (Wildman–Crippen MR) is 43.0 cm³/mol. The van der Waals surface area contributed by atoms with Gasteiger partial charge in [0.2, 0.25) is 0 Å². The molecule has 1 aromatic carbocycles. The van der Waals surface area contributed by atoms with Crippen LogP contribution < -0.4 is 0 Å². The number of nitrogens with zero attached hydrogens (tertiary/aromatic N) is 1. The van der Waals surface area contributed by atoms with Crippen molar-refractivity contribution in [3.05, 3.63) is 40.4 Å². The molecule has 0 fully saturated rings. The van der Waals surface area contributed by atoms with Crippen molar-refractivity contribution < 1.29 is 4.92 Å². The van der Waals surface area contributed by atoms with Crippen LogP contribution in [0, 0.1) is 10.1 Å². The average Bonchev–Trinajstić information content (AvgIpc) is 1.90. The van der Waals surface area contributed by atoms with Gasteiger partial charge >= 0.3 is 26.2 Å². The minimum atomic E-state index is -0.417. The van der Waals surface area contributed by atoms with E-state index in [9.17, 15) is 10.1 Å². The Labute approximate surface area is 77.3 Å². The van der Waals surface area contributed by atoms with Crippen molar-refractivity contribution >= 4 is 31.9 Å². The second-order valence-corrected chi connectivity index (χ2v) is 1.59. The second-order valence-electron chi connectivity index (χ2n) is 1.59. The Bertz CT molecular complexity index is 212. The third kappa shape index (κ3) is 2.40. The summed E-state index contributed by atoms with van der Waals surface area (Å²) in [6.45, 7) is 0. The average molecular weight is 335 g/mol. The number of non-ortho nitro benzene ring substituents is 1. The third-order valence-corrected chi connectivity index (χ3v) is 0.967. The Morgan fingerprint density at radius 1 is 1.20 bits per heavy atom. The number of rotatable bonds is 1. The molecule has 0 saturated heterocycles. The summed E-state index contributed by atoms with van der Waals surface area (Å²) >= 11 is 0. The van der Waals surface area contributed by atoms with Crippen LogP contribution in [-0.4, -0.2) is 31.1 Å². The molecule has 0 aliphatic rings. The fraction of sp³-hybridized carbons (Fsp3) is 0. The van der Waals surface area contributed by atoms with Crippen LogP contribution in [0.4, 0.5) is 5.69 Å². The molecule has 4 heteroatoms. The van der Waals surface area contributed by atoms with E-state index in [1.165, 1.54) is 12.1 Å². The molecule has 0 unspecified atom stereocenters. The Morgan fingerprint density at radius 2 is 1.70 bits per heavy atom. The maximum absolute atomic E-state index is 10.0. The van der Waals surface area contributed by atoms with Gasteiger partial charge in [0, 0.05) is 12.1 Å². The Hall–Kier alpha value is -0.497. The molecule has 0 aliphatic carbocycles. The first kappa shape index (κ1) is 9.50. The van der Waals surface area contributed by atoms with Crippen LogP contribution >= 0.6 is 0 Å². The van der Waals surface area contributed by atoms with Gasteiger partial charge < -0.3 is 0 Å². The van der Waals surface area contributed by atoms with Crippen LogP contribution in [0.3, 0.4) is 0 Å². The van der Waals surface area contributed by atoms with Crippen LogP contribution in [0.5, 0.6) is 0 Å². The molecule has 0 aromatic heterocycles. The first-order valence-corrected chi connectivity index (χ1v) is 2.50. The molecule has 54 valence electrons. The first-order chi connectivity index (χ1) is 4.30. The summed E-state index contributed by atoms with van der Waals surface area (Å²) in [5, 5.41) is 10.0. The van der Waals surface area contributed by atoms with Gasteiger partial charge in [0.1, 0.15) is 0 Å². The molecule has 0 heterocycles. The summed E-state index contributed by atoms with van der Waals surface area (Å²) in [5.41, 5.74) is 0.137. The molecule has 0 aliphatic heterocycles. The van der Waals surface area contributed by atoms with E-state index in [4.69, 9.17) is 0 Å². The molecule has 3 nitrogen and oxygen atoms in total. The molecule has 0 bridgehead atoms. The predicted octanol–water partition coefficient (Wildman–Crippen LogP) is 0.411. The number of nitro benzene ring substituents is 1. The SMILES string of the molecule is O=[N+]([O-])c1ccccc1.[BiH3]. The van der Waals surface area contributed by atoms with E-state index in [1.807, 2.05) is 0 Å². The van der Waals surface area contributed by atoms with Crippen molar-refractivity contribution in [2.75, 3.05) is 0 Å². The van der Waals surface area contributed by atoms with Crippen LogP contribution in [0.25, 0.3) is 0 Å². The van der Waals surface area contributed by atoms with Gasteiger partial charge in [-0.1, -0.05) is 18.2 Å². The monoisotopic (exact) mass is 335 g/mol. The number of benzene rings is 1. The normalized spacial score (nSPS) is 8.00. The van der Waals surface area contributed by atoms with Crippen LogP contribution in [0.15, 0.2) is 30.3 Å². The second kappa shape index (κ2) is 4.34. The summed E-state index contributed by atoms with van der Waals surface area (Å²) in [5.74, 6) is 0. The van der Waals surface area contributed by atoms with Crippen molar-refractivity contribution in [3.8, 4) is 0 Å². The Morgan fingerprint density at radius 3 is 2.00 bits per heavy atom. The molecular formula is C6H8BiNO2. The number of hydrogen-bond acceptors (Lipinski definition) is 2. The van der Waals surface area contributed by atoms with Gasteiger partial charge in [0.05, 0.1) is 4.92 Å². The van der Waals surface area contributed by atoms with Gasteiger partial charge in [-0.3, -0.25) is 10.1 Å². The molecule has 0 N–H and O–H groups in total. The van der Waals surface area contributed by atoms with Crippen molar-refractivity contribution in [3.63, 3.8) is 0 Å². The zero-order chi connectivity index (χ0) is 6.69. The van der Waals surface area contributed by atoms with Gasteiger partial charge in [-0.05, 0) is 0 Å². The topological polar surface area (TPSA) is 43.1 Å². The van der Waals surface area contributed by atoms with E-state index in [1.54, 1.807) is 18.2 Å². The van der Waals surface area contributed by atoms with E-state index in [0.717, 1.165) is 0 Å². The Kier molecular flexibility index (Phi) is 4.12. The molecule has 0 spiro atoms. The molecule has 10 heavy (non-hydrogen) atoms. The fourth-order valence-electron chi connectivity index (χ4n) is 0.550. The third-order valence-electron chi connectivity index (χ3n) is 0.967. The molecule has 1 aromatic rings. The van der Waals surface area contributed by atoms with E-state index >= 15 is 0 Å². The summed E-state index contributed by atoms with van der Waals surface area (Å²) in [6, 6.07) is 7.93. The molecule has 0 saturated carbocycles. The Balaban J connectivity index is 0.000000810. The van der Waals surface area contributed by atoms with Gasteiger partial charge in [0.15, 0.2) is 0 Å². The summed E-state index contributed by atoms with van der Waals surface area (Å²) in [6.07, 6.45) is 0. The number of nitro groups is 1. The maximum atomic E-state index is 10.0. The standard InChI is InChI=1S/C6H5NO2.Bi.3H/c8-7(9)6-4-2-1-3-5-6;;;;/h1-5H;;;;. The van der Waals surface area contributed by atoms with Gasteiger partial charge in [-0.2, -0.15) is 0 Å². The zero-order valence-electron chi connectivity index (χ0n) is 5.36. The van der Waals surface area contributed by atoms with Gasteiger partial charge in [-0.25, -0.2) is 0 Å². The van der Waals surface area contributed by atoms with Crippen LogP contribution in [0.1, 0.15) is 0 Å². The van der Waals surface area contributed by atoms with E-state index in [-0.39, 0.29) is 31.9 Å². The first-order valence-electron chi connectivity index (χ1n) is 2.50. The zero-order valence-corrected chi connectivity index (χ0v) is 10.9. The number of para-hydroxylation sites is 1. The minimum absolute atomic E-state index is 0. The van der Waals surface area contributed by atoms with Gasteiger partial charge in [0.25, 0.3) is 5.69 Å². The molecule has 0 radical (unpaired) electrons. The van der Waals surface area contributed by atoms with Crippen LogP contribution in [-0.2, 0) is 0 Å². The van der Waals surface area contributed by atoms with E-state index in [2.05, 4.69) is 0 Å². The quantitative estimate of drug-likeness (QED) is 0.424. The number of hydrogen-bond donors (Lipinski definition) is 0. The molecular weight excluding hydrogens is 327 g/mol. The fourth-order valence-corrected chi connectivity index (χ4v) is 0.550. The van der Waals surface area contributed by atoms with Crippen molar-refractivity contribution in [2.45, 2.75) is 0 Å².